The summed E-state index contributed by atoms with van der Waals surface area (Å²) in [6, 6.07) is 3.72. The number of H-pyrrole nitrogens is 1. The highest BCUT2D eigenvalue weighted by Crippen LogP contribution is 2.34. The zero-order chi connectivity index (χ0) is 19.9. The molecule has 1 fully saturated rings. The third-order valence-electron chi connectivity index (χ3n) is 5.08. The first-order valence-corrected chi connectivity index (χ1v) is 8.78. The molecule has 4 heterocycles. The SMILES string of the molecule is O=C(c1ccc(C(F)(F)F)cn1)N1CCC(c2c(F)cnc3[nH]ccc23)CC1. The number of hydrogen-bond acceptors (Lipinski definition) is 3. The molecule has 0 aliphatic carbocycles. The van der Waals surface area contributed by atoms with Gasteiger partial charge in [-0.3, -0.25) is 9.78 Å². The smallest absolute Gasteiger partial charge is 0.346 e. The lowest BCUT2D eigenvalue weighted by molar-refractivity contribution is -0.137. The third-order valence-corrected chi connectivity index (χ3v) is 5.08. The van der Waals surface area contributed by atoms with Crippen LogP contribution in [0.5, 0.6) is 0 Å². The van der Waals surface area contributed by atoms with Gasteiger partial charge >= 0.3 is 6.18 Å². The Labute approximate surface area is 157 Å². The summed E-state index contributed by atoms with van der Waals surface area (Å²) < 4.78 is 52.3. The van der Waals surface area contributed by atoms with Crippen LogP contribution >= 0.6 is 0 Å². The number of carbonyl (C=O) groups is 1. The summed E-state index contributed by atoms with van der Waals surface area (Å²) in [7, 11) is 0. The highest BCUT2D eigenvalue weighted by Gasteiger charge is 2.32. The van der Waals surface area contributed by atoms with Gasteiger partial charge in [0, 0.05) is 36.4 Å². The molecule has 0 aromatic carbocycles. The average Bonchev–Trinajstić information content (AvgIpc) is 3.16. The Bertz CT molecular complexity index is 1000. The third kappa shape index (κ3) is 3.32. The standard InChI is InChI=1S/C19H16F4N4O/c20-14-10-26-17-13(3-6-24-17)16(14)11-4-7-27(8-5-11)18(28)15-2-1-12(9-25-15)19(21,22)23/h1-3,6,9-11H,4-5,7-8H2,(H,24,26). The highest BCUT2D eigenvalue weighted by atomic mass is 19.4. The van der Waals surface area contributed by atoms with Crippen molar-refractivity contribution in [3.8, 4) is 0 Å². The number of halogens is 4. The van der Waals surface area contributed by atoms with Crippen LogP contribution < -0.4 is 0 Å². The van der Waals surface area contributed by atoms with E-state index in [0.29, 0.717) is 43.3 Å². The van der Waals surface area contributed by atoms with E-state index in [1.54, 1.807) is 17.2 Å². The molecular formula is C19H16F4N4O. The predicted molar refractivity (Wildman–Crippen MR) is 93.2 cm³/mol. The van der Waals surface area contributed by atoms with Crippen LogP contribution in [0.4, 0.5) is 17.6 Å². The Hall–Kier alpha value is -2.97. The maximum atomic E-state index is 14.4. The topological polar surface area (TPSA) is 61.9 Å². The summed E-state index contributed by atoms with van der Waals surface area (Å²) in [5.41, 5.74) is 0.274. The molecule has 0 saturated carbocycles. The number of fused-ring (bicyclic) bond motifs is 1. The zero-order valence-corrected chi connectivity index (χ0v) is 14.6. The summed E-state index contributed by atoms with van der Waals surface area (Å²) in [6.07, 6.45) is 0.161. The summed E-state index contributed by atoms with van der Waals surface area (Å²) in [5, 5.41) is 0.731. The number of nitrogens with one attached hydrogen (secondary N) is 1. The van der Waals surface area contributed by atoms with Crippen LogP contribution in [-0.2, 0) is 6.18 Å². The number of carbonyl (C=O) groups excluding carboxylic acids is 1. The Morgan fingerprint density at radius 1 is 1.11 bits per heavy atom. The summed E-state index contributed by atoms with van der Waals surface area (Å²) in [5.74, 6) is -0.860. The molecule has 3 aromatic heterocycles. The normalized spacial score (nSPS) is 15.9. The van der Waals surface area contributed by atoms with E-state index in [1.807, 2.05) is 0 Å². The lowest BCUT2D eigenvalue weighted by Gasteiger charge is -2.32. The van der Waals surface area contributed by atoms with Crippen LogP contribution in [0.25, 0.3) is 11.0 Å². The van der Waals surface area contributed by atoms with Crippen molar-refractivity contribution >= 4 is 16.9 Å². The molecule has 1 saturated heterocycles. The maximum Gasteiger partial charge on any atom is 0.417 e. The molecule has 1 aliphatic rings. The van der Waals surface area contributed by atoms with Crippen LogP contribution in [0.3, 0.4) is 0 Å². The molecule has 28 heavy (non-hydrogen) atoms. The summed E-state index contributed by atoms with van der Waals surface area (Å²) in [6.45, 7) is 0.750. The quantitative estimate of drug-likeness (QED) is 0.667. The second kappa shape index (κ2) is 6.88. The number of hydrogen-bond donors (Lipinski definition) is 1. The molecule has 146 valence electrons. The summed E-state index contributed by atoms with van der Waals surface area (Å²) in [4.78, 5) is 24.7. The molecule has 0 radical (unpaired) electrons. The number of pyridine rings is 2. The number of alkyl halides is 3. The van der Waals surface area contributed by atoms with Crippen molar-refractivity contribution in [2.75, 3.05) is 13.1 Å². The Kier molecular flexibility index (Phi) is 4.52. The van der Waals surface area contributed by atoms with E-state index >= 15 is 0 Å². The first-order valence-electron chi connectivity index (χ1n) is 8.78. The molecule has 1 aliphatic heterocycles. The van der Waals surface area contributed by atoms with Gasteiger partial charge in [-0.25, -0.2) is 9.37 Å². The lowest BCUT2D eigenvalue weighted by atomic mass is 9.88. The Balaban J connectivity index is 1.47. The van der Waals surface area contributed by atoms with E-state index < -0.39 is 17.6 Å². The van der Waals surface area contributed by atoms with E-state index in [0.717, 1.165) is 17.5 Å². The van der Waals surface area contributed by atoms with Crippen LogP contribution in [0.2, 0.25) is 0 Å². The maximum absolute atomic E-state index is 14.4. The number of aromatic amines is 1. The minimum Gasteiger partial charge on any atom is -0.346 e. The van der Waals surface area contributed by atoms with Crippen LogP contribution in [0, 0.1) is 5.82 Å². The van der Waals surface area contributed by atoms with E-state index in [1.165, 1.54) is 6.20 Å². The van der Waals surface area contributed by atoms with Gasteiger partial charge in [0.05, 0.1) is 11.8 Å². The minimum absolute atomic E-state index is 0.0328. The molecule has 5 nitrogen and oxygen atoms in total. The van der Waals surface area contributed by atoms with E-state index in [-0.39, 0.29) is 17.4 Å². The van der Waals surface area contributed by atoms with Gasteiger partial charge in [-0.15, -0.1) is 0 Å². The first-order chi connectivity index (χ1) is 13.3. The van der Waals surface area contributed by atoms with E-state index in [4.69, 9.17) is 0 Å². The van der Waals surface area contributed by atoms with Gasteiger partial charge in [0.2, 0.25) is 0 Å². The fourth-order valence-corrected chi connectivity index (χ4v) is 3.64. The number of piperidine rings is 1. The number of nitrogens with zero attached hydrogens (tertiary/aromatic N) is 3. The van der Waals surface area contributed by atoms with Crippen molar-refractivity contribution in [1.82, 2.24) is 19.9 Å². The Morgan fingerprint density at radius 2 is 1.86 bits per heavy atom. The number of aromatic nitrogens is 3. The van der Waals surface area contributed by atoms with E-state index in [9.17, 15) is 22.4 Å². The monoisotopic (exact) mass is 392 g/mol. The first kappa shape index (κ1) is 18.4. The minimum atomic E-state index is -4.49. The van der Waals surface area contributed by atoms with Crippen LogP contribution in [0.15, 0.2) is 36.8 Å². The molecule has 0 unspecified atom stereocenters. The summed E-state index contributed by atoms with van der Waals surface area (Å²) >= 11 is 0. The lowest BCUT2D eigenvalue weighted by Crippen LogP contribution is -2.38. The van der Waals surface area contributed by atoms with Crippen molar-refractivity contribution in [1.29, 1.82) is 0 Å². The molecule has 3 aromatic rings. The molecule has 0 spiro atoms. The van der Waals surface area contributed by atoms with Crippen molar-refractivity contribution in [2.24, 2.45) is 0 Å². The Morgan fingerprint density at radius 3 is 2.50 bits per heavy atom. The van der Waals surface area contributed by atoms with Gasteiger partial charge in [-0.2, -0.15) is 13.2 Å². The van der Waals surface area contributed by atoms with Crippen molar-refractivity contribution in [2.45, 2.75) is 24.9 Å². The van der Waals surface area contributed by atoms with Gasteiger partial charge in [-0.05, 0) is 37.0 Å². The average molecular weight is 392 g/mol. The second-order valence-corrected chi connectivity index (χ2v) is 6.76. The van der Waals surface area contributed by atoms with Gasteiger partial charge in [0.1, 0.15) is 17.2 Å². The fraction of sp³-hybridized carbons (Fsp3) is 0.316. The van der Waals surface area contributed by atoms with Gasteiger partial charge in [0.15, 0.2) is 0 Å². The predicted octanol–water partition coefficient (Wildman–Crippen LogP) is 4.14. The highest BCUT2D eigenvalue weighted by molar-refractivity contribution is 5.92. The largest absolute Gasteiger partial charge is 0.417 e. The van der Waals surface area contributed by atoms with Crippen molar-refractivity contribution in [3.63, 3.8) is 0 Å². The fourth-order valence-electron chi connectivity index (χ4n) is 3.64. The molecule has 4 rings (SSSR count). The van der Waals surface area contributed by atoms with Crippen LogP contribution in [0.1, 0.15) is 40.4 Å². The number of rotatable bonds is 2. The van der Waals surface area contributed by atoms with Crippen LogP contribution in [-0.4, -0.2) is 38.8 Å². The molecule has 0 atom stereocenters. The van der Waals surface area contributed by atoms with Gasteiger partial charge in [-0.1, -0.05) is 0 Å². The van der Waals surface area contributed by atoms with Crippen molar-refractivity contribution in [3.05, 3.63) is 59.4 Å². The molecule has 9 heteroatoms. The van der Waals surface area contributed by atoms with Crippen molar-refractivity contribution < 1.29 is 22.4 Å². The number of amides is 1. The van der Waals surface area contributed by atoms with Gasteiger partial charge < -0.3 is 9.88 Å². The second-order valence-electron chi connectivity index (χ2n) is 6.76. The molecule has 1 N–H and O–H groups in total. The molecule has 1 amide bonds. The molecular weight excluding hydrogens is 376 g/mol. The van der Waals surface area contributed by atoms with Gasteiger partial charge in [0.25, 0.3) is 5.91 Å². The molecule has 0 bridgehead atoms. The number of likely N-dealkylation sites (tertiary alicyclic amines) is 1. The van der Waals surface area contributed by atoms with E-state index in [2.05, 4.69) is 15.0 Å². The zero-order valence-electron chi connectivity index (χ0n) is 14.6.